The third-order valence-electron chi connectivity index (χ3n) is 2.61. The average Bonchev–Trinajstić information content (AvgIpc) is 2.81. The minimum atomic E-state index is 0.221. The van der Waals surface area contributed by atoms with Crippen LogP contribution in [0.2, 0.25) is 5.28 Å². The van der Waals surface area contributed by atoms with Gasteiger partial charge in [0.25, 0.3) is 0 Å². The van der Waals surface area contributed by atoms with Crippen LogP contribution in [-0.4, -0.2) is 19.9 Å². The Hall–Kier alpha value is -2.14. The minimum absolute atomic E-state index is 0.221. The summed E-state index contributed by atoms with van der Waals surface area (Å²) in [7, 11) is 0. The lowest BCUT2D eigenvalue weighted by molar-refractivity contribution is 1.13. The molecular formula is C12H10ClN5. The fraction of sp³-hybridized carbons (Fsp3) is 0.0833. The molecule has 0 aliphatic rings. The van der Waals surface area contributed by atoms with Crippen LogP contribution in [0.15, 0.2) is 30.7 Å². The topological polar surface area (TPSA) is 66.5 Å². The molecule has 0 unspecified atom stereocenters. The van der Waals surface area contributed by atoms with Crippen LogP contribution in [0.3, 0.4) is 0 Å². The number of rotatable bonds is 2. The van der Waals surface area contributed by atoms with E-state index < -0.39 is 0 Å². The van der Waals surface area contributed by atoms with Gasteiger partial charge in [0.05, 0.1) is 11.9 Å². The van der Waals surface area contributed by atoms with Gasteiger partial charge in [-0.05, 0) is 30.7 Å². The molecule has 0 amide bonds. The molecule has 0 fully saturated rings. The van der Waals surface area contributed by atoms with Gasteiger partial charge in [-0.15, -0.1) is 0 Å². The first-order valence-electron chi connectivity index (χ1n) is 5.42. The Labute approximate surface area is 108 Å². The van der Waals surface area contributed by atoms with E-state index in [1.54, 1.807) is 12.4 Å². The second kappa shape index (κ2) is 4.27. The molecule has 5 nitrogen and oxygen atoms in total. The zero-order valence-corrected chi connectivity index (χ0v) is 10.4. The van der Waals surface area contributed by atoms with Crippen molar-refractivity contribution in [2.24, 2.45) is 0 Å². The Bertz CT molecular complexity index is 707. The standard InChI is InChI=1S/C12H10ClN5/c1-7-5-16-12(13)18-10(7)17-9-4-8-2-3-14-11(8)15-6-9/h2-6H,1H3,(H,14,15)(H,16,17,18). The van der Waals surface area contributed by atoms with Crippen LogP contribution < -0.4 is 5.32 Å². The Morgan fingerprint density at radius 3 is 3.06 bits per heavy atom. The van der Waals surface area contributed by atoms with Crippen LogP contribution in [0.1, 0.15) is 5.56 Å². The number of H-pyrrole nitrogens is 1. The van der Waals surface area contributed by atoms with Crippen molar-refractivity contribution in [1.82, 2.24) is 19.9 Å². The number of anilines is 2. The maximum atomic E-state index is 5.78. The third-order valence-corrected chi connectivity index (χ3v) is 2.79. The molecule has 90 valence electrons. The van der Waals surface area contributed by atoms with E-state index in [1.165, 1.54) is 0 Å². The molecule has 0 aromatic carbocycles. The molecule has 2 N–H and O–H groups in total. The van der Waals surface area contributed by atoms with E-state index in [1.807, 2.05) is 25.3 Å². The van der Waals surface area contributed by atoms with E-state index in [0.29, 0.717) is 5.82 Å². The molecule has 18 heavy (non-hydrogen) atoms. The van der Waals surface area contributed by atoms with Gasteiger partial charge in [-0.1, -0.05) is 0 Å². The van der Waals surface area contributed by atoms with E-state index in [9.17, 15) is 0 Å². The fourth-order valence-corrected chi connectivity index (χ4v) is 1.83. The van der Waals surface area contributed by atoms with Crippen LogP contribution >= 0.6 is 11.6 Å². The van der Waals surface area contributed by atoms with Crippen molar-refractivity contribution in [2.75, 3.05) is 5.32 Å². The van der Waals surface area contributed by atoms with Gasteiger partial charge in [-0.3, -0.25) is 0 Å². The molecule has 0 atom stereocenters. The molecule has 3 heterocycles. The first-order valence-corrected chi connectivity index (χ1v) is 5.79. The van der Waals surface area contributed by atoms with Gasteiger partial charge in [-0.25, -0.2) is 15.0 Å². The average molecular weight is 260 g/mol. The van der Waals surface area contributed by atoms with Crippen molar-refractivity contribution in [3.63, 3.8) is 0 Å². The number of nitrogens with zero attached hydrogens (tertiary/aromatic N) is 3. The Kier molecular flexibility index (Phi) is 2.60. The molecular weight excluding hydrogens is 250 g/mol. The van der Waals surface area contributed by atoms with Crippen LogP contribution in [0.5, 0.6) is 0 Å². The van der Waals surface area contributed by atoms with Gasteiger partial charge in [0.15, 0.2) is 0 Å². The molecule has 0 spiro atoms. The molecule has 0 bridgehead atoms. The molecule has 0 saturated heterocycles. The lowest BCUT2D eigenvalue weighted by Gasteiger charge is -2.07. The summed E-state index contributed by atoms with van der Waals surface area (Å²) in [4.78, 5) is 15.4. The number of aromatic amines is 1. The number of hydrogen-bond donors (Lipinski definition) is 2. The van der Waals surface area contributed by atoms with E-state index in [2.05, 4.69) is 25.3 Å². The van der Waals surface area contributed by atoms with E-state index >= 15 is 0 Å². The molecule has 0 radical (unpaired) electrons. The Balaban J connectivity index is 1.97. The summed E-state index contributed by atoms with van der Waals surface area (Å²) in [6.45, 7) is 1.92. The molecule has 3 aromatic rings. The highest BCUT2D eigenvalue weighted by molar-refractivity contribution is 6.28. The smallest absolute Gasteiger partial charge is 0.224 e. The highest BCUT2D eigenvalue weighted by atomic mass is 35.5. The summed E-state index contributed by atoms with van der Waals surface area (Å²) in [5, 5.41) is 4.44. The quantitative estimate of drug-likeness (QED) is 0.694. The minimum Gasteiger partial charge on any atom is -0.346 e. The molecule has 3 aromatic heterocycles. The highest BCUT2D eigenvalue weighted by Crippen LogP contribution is 2.21. The van der Waals surface area contributed by atoms with Crippen molar-refractivity contribution in [1.29, 1.82) is 0 Å². The fourth-order valence-electron chi connectivity index (χ4n) is 1.69. The van der Waals surface area contributed by atoms with Gasteiger partial charge in [-0.2, -0.15) is 0 Å². The lowest BCUT2D eigenvalue weighted by Crippen LogP contribution is -1.98. The van der Waals surface area contributed by atoms with Crippen LogP contribution in [-0.2, 0) is 0 Å². The number of fused-ring (bicyclic) bond motifs is 1. The summed E-state index contributed by atoms with van der Waals surface area (Å²) in [6.07, 6.45) is 5.28. The maximum Gasteiger partial charge on any atom is 0.224 e. The highest BCUT2D eigenvalue weighted by Gasteiger charge is 2.04. The molecule has 3 rings (SSSR count). The first kappa shape index (κ1) is 11.0. The largest absolute Gasteiger partial charge is 0.346 e. The van der Waals surface area contributed by atoms with Crippen molar-refractivity contribution in [3.05, 3.63) is 41.6 Å². The zero-order valence-electron chi connectivity index (χ0n) is 9.61. The third kappa shape index (κ3) is 2.00. The van der Waals surface area contributed by atoms with E-state index in [4.69, 9.17) is 11.6 Å². The summed E-state index contributed by atoms with van der Waals surface area (Å²) in [5.74, 6) is 0.687. The molecule has 0 aliphatic carbocycles. The molecule has 6 heteroatoms. The predicted molar refractivity (Wildman–Crippen MR) is 71.2 cm³/mol. The maximum absolute atomic E-state index is 5.78. The number of nitrogens with one attached hydrogen (secondary N) is 2. The van der Waals surface area contributed by atoms with E-state index in [0.717, 1.165) is 22.3 Å². The SMILES string of the molecule is Cc1cnc(Cl)nc1Nc1cnc2[nH]ccc2c1. The van der Waals surface area contributed by atoms with Crippen LogP contribution in [0, 0.1) is 6.92 Å². The summed E-state index contributed by atoms with van der Waals surface area (Å²) in [6, 6.07) is 3.96. The van der Waals surface area contributed by atoms with Gasteiger partial charge in [0.1, 0.15) is 11.5 Å². The van der Waals surface area contributed by atoms with Gasteiger partial charge in [0, 0.05) is 23.3 Å². The first-order chi connectivity index (χ1) is 8.72. The summed E-state index contributed by atoms with van der Waals surface area (Å²) < 4.78 is 0. The Morgan fingerprint density at radius 1 is 1.28 bits per heavy atom. The van der Waals surface area contributed by atoms with Crippen molar-refractivity contribution in [3.8, 4) is 0 Å². The number of pyridine rings is 1. The number of aryl methyl sites for hydroxylation is 1. The van der Waals surface area contributed by atoms with Gasteiger partial charge < -0.3 is 10.3 Å². The second-order valence-electron chi connectivity index (χ2n) is 3.94. The van der Waals surface area contributed by atoms with Crippen LogP contribution in [0.4, 0.5) is 11.5 Å². The van der Waals surface area contributed by atoms with Crippen molar-refractivity contribution < 1.29 is 0 Å². The van der Waals surface area contributed by atoms with Gasteiger partial charge in [0.2, 0.25) is 5.28 Å². The predicted octanol–water partition coefficient (Wildman–Crippen LogP) is 3.06. The second-order valence-corrected chi connectivity index (χ2v) is 4.27. The zero-order chi connectivity index (χ0) is 12.5. The number of aromatic nitrogens is 4. The normalized spacial score (nSPS) is 10.8. The van der Waals surface area contributed by atoms with Crippen molar-refractivity contribution in [2.45, 2.75) is 6.92 Å². The van der Waals surface area contributed by atoms with Crippen LogP contribution in [0.25, 0.3) is 11.0 Å². The number of halogens is 1. The van der Waals surface area contributed by atoms with Crippen molar-refractivity contribution >= 4 is 34.1 Å². The summed E-state index contributed by atoms with van der Waals surface area (Å²) >= 11 is 5.78. The molecule has 0 saturated carbocycles. The lowest BCUT2D eigenvalue weighted by atomic mass is 10.3. The molecule has 0 aliphatic heterocycles. The number of hydrogen-bond acceptors (Lipinski definition) is 4. The van der Waals surface area contributed by atoms with Gasteiger partial charge >= 0.3 is 0 Å². The summed E-state index contributed by atoms with van der Waals surface area (Å²) in [5.41, 5.74) is 2.64. The van der Waals surface area contributed by atoms with E-state index in [-0.39, 0.29) is 5.28 Å². The Morgan fingerprint density at radius 2 is 2.17 bits per heavy atom. The monoisotopic (exact) mass is 259 g/mol.